The van der Waals surface area contributed by atoms with E-state index in [1.165, 1.54) is 58.6 Å². The van der Waals surface area contributed by atoms with E-state index in [0.717, 1.165) is 38.7 Å². The zero-order chi connectivity index (χ0) is 21.2. The Hall–Kier alpha value is -2.36. The van der Waals surface area contributed by atoms with Crippen molar-refractivity contribution >= 4 is 56.7 Å². The maximum Gasteiger partial charge on any atom is 0.241 e. The lowest BCUT2D eigenvalue weighted by Crippen LogP contribution is -2.15. The Morgan fingerprint density at radius 2 is 1.97 bits per heavy atom. The molecule has 6 nitrogen and oxygen atoms in total. The Bertz CT molecular complexity index is 1230. The summed E-state index contributed by atoms with van der Waals surface area (Å²) in [6, 6.07) is 8.11. The number of carbonyl (C=O) groups excluding carboxylic acids is 1. The van der Waals surface area contributed by atoms with Gasteiger partial charge >= 0.3 is 0 Å². The molecule has 0 aliphatic heterocycles. The van der Waals surface area contributed by atoms with Crippen molar-refractivity contribution in [3.05, 3.63) is 46.6 Å². The molecule has 158 valence electrons. The Morgan fingerprint density at radius 3 is 2.84 bits per heavy atom. The highest BCUT2D eigenvalue weighted by atomic mass is 32.2. The van der Waals surface area contributed by atoms with Crippen molar-refractivity contribution in [2.75, 3.05) is 11.1 Å². The smallest absolute Gasteiger partial charge is 0.241 e. The van der Waals surface area contributed by atoms with Crippen LogP contribution in [-0.2, 0) is 17.6 Å². The molecule has 0 unspecified atom stereocenters. The van der Waals surface area contributed by atoms with Gasteiger partial charge in [0.15, 0.2) is 0 Å². The van der Waals surface area contributed by atoms with E-state index >= 15 is 0 Å². The highest BCUT2D eigenvalue weighted by Gasteiger charge is 2.20. The van der Waals surface area contributed by atoms with Crippen LogP contribution in [0, 0.1) is 6.92 Å². The molecule has 0 bridgehead atoms. The lowest BCUT2D eigenvalue weighted by Gasteiger charge is -2.05. The predicted octanol–water partition coefficient (Wildman–Crippen LogP) is 5.52. The summed E-state index contributed by atoms with van der Waals surface area (Å²) in [6.07, 6.45) is 7.52. The van der Waals surface area contributed by atoms with E-state index in [1.54, 1.807) is 17.7 Å². The van der Waals surface area contributed by atoms with Crippen molar-refractivity contribution in [2.24, 2.45) is 0 Å². The third kappa shape index (κ3) is 4.49. The van der Waals surface area contributed by atoms with Crippen LogP contribution in [0.1, 0.15) is 35.3 Å². The minimum absolute atomic E-state index is 0.133. The number of hydrogen-bond donors (Lipinski definition) is 1. The molecule has 0 atom stereocenters. The summed E-state index contributed by atoms with van der Waals surface area (Å²) in [7, 11) is 0. The summed E-state index contributed by atoms with van der Waals surface area (Å²) < 4.78 is 4.29. The average molecular weight is 468 g/mol. The lowest BCUT2D eigenvalue weighted by atomic mass is 10.1. The van der Waals surface area contributed by atoms with E-state index in [9.17, 15) is 4.79 Å². The summed E-state index contributed by atoms with van der Waals surface area (Å²) in [6.45, 7) is 2.05. The molecular weight excluding hydrogens is 446 g/mol. The second-order valence-electron chi connectivity index (χ2n) is 7.55. The van der Waals surface area contributed by atoms with Gasteiger partial charge in [-0.25, -0.2) is 9.97 Å². The second kappa shape index (κ2) is 9.02. The first kappa shape index (κ1) is 20.5. The molecule has 3 heterocycles. The summed E-state index contributed by atoms with van der Waals surface area (Å²) >= 11 is 4.52. The highest BCUT2D eigenvalue weighted by molar-refractivity contribution is 8.00. The number of nitrogens with zero attached hydrogens (tertiary/aromatic N) is 4. The zero-order valence-corrected chi connectivity index (χ0v) is 19.5. The van der Waals surface area contributed by atoms with Crippen LogP contribution >= 0.6 is 34.6 Å². The average Bonchev–Trinajstić information content (AvgIpc) is 3.30. The van der Waals surface area contributed by atoms with E-state index < -0.39 is 0 Å². The number of aryl methyl sites for hydroxylation is 3. The van der Waals surface area contributed by atoms with Crippen LogP contribution in [-0.4, -0.2) is 31.0 Å². The summed E-state index contributed by atoms with van der Waals surface area (Å²) in [4.78, 5) is 28.5. The molecule has 1 amide bonds. The van der Waals surface area contributed by atoms with Gasteiger partial charge < -0.3 is 0 Å². The number of thioether (sulfide) groups is 1. The second-order valence-corrected chi connectivity index (χ2v) is 10.3. The molecule has 1 aliphatic rings. The van der Waals surface area contributed by atoms with Crippen LogP contribution in [0.15, 0.2) is 35.6 Å². The zero-order valence-electron chi connectivity index (χ0n) is 17.1. The number of carbonyl (C=O) groups is 1. The summed E-state index contributed by atoms with van der Waals surface area (Å²) in [5.41, 5.74) is 3.59. The van der Waals surface area contributed by atoms with Crippen LogP contribution in [0.3, 0.4) is 0 Å². The predicted molar refractivity (Wildman–Crippen MR) is 128 cm³/mol. The fourth-order valence-corrected chi connectivity index (χ4v) is 6.48. The number of anilines is 1. The topological polar surface area (TPSA) is 80.7 Å². The molecule has 0 radical (unpaired) electrons. The first-order valence-corrected chi connectivity index (χ1v) is 12.8. The first-order valence-electron chi connectivity index (χ1n) is 10.3. The van der Waals surface area contributed by atoms with Crippen LogP contribution in [0.4, 0.5) is 5.95 Å². The normalized spacial score (nSPS) is 13.7. The van der Waals surface area contributed by atoms with Crippen molar-refractivity contribution in [3.63, 3.8) is 0 Å². The van der Waals surface area contributed by atoms with E-state index in [-0.39, 0.29) is 11.7 Å². The van der Waals surface area contributed by atoms with Crippen molar-refractivity contribution in [3.8, 4) is 10.6 Å². The molecule has 31 heavy (non-hydrogen) atoms. The molecule has 3 aromatic heterocycles. The number of hydrogen-bond acceptors (Lipinski definition) is 8. The van der Waals surface area contributed by atoms with Gasteiger partial charge in [-0.3, -0.25) is 10.1 Å². The van der Waals surface area contributed by atoms with Gasteiger partial charge in [-0.1, -0.05) is 48.0 Å². The molecule has 1 aliphatic carbocycles. The number of amides is 1. The highest BCUT2D eigenvalue weighted by Crippen LogP contribution is 2.38. The largest absolute Gasteiger partial charge is 0.293 e. The molecule has 0 spiro atoms. The Kier molecular flexibility index (Phi) is 5.97. The minimum Gasteiger partial charge on any atom is -0.293 e. The van der Waals surface area contributed by atoms with E-state index in [4.69, 9.17) is 0 Å². The Morgan fingerprint density at radius 1 is 1.13 bits per heavy atom. The van der Waals surface area contributed by atoms with Crippen molar-refractivity contribution in [2.45, 2.75) is 44.1 Å². The molecular formula is C22H21N5OS3. The monoisotopic (exact) mass is 467 g/mol. The van der Waals surface area contributed by atoms with Gasteiger partial charge in [-0.05, 0) is 49.7 Å². The molecule has 9 heteroatoms. The number of fused-ring (bicyclic) bond motifs is 3. The van der Waals surface area contributed by atoms with Gasteiger partial charge in [0, 0.05) is 15.8 Å². The van der Waals surface area contributed by atoms with Crippen molar-refractivity contribution in [1.82, 2.24) is 19.3 Å². The van der Waals surface area contributed by atoms with Gasteiger partial charge in [-0.2, -0.15) is 9.36 Å². The van der Waals surface area contributed by atoms with Crippen molar-refractivity contribution in [1.29, 1.82) is 0 Å². The van der Waals surface area contributed by atoms with Gasteiger partial charge in [0.25, 0.3) is 0 Å². The SMILES string of the molecule is Cc1ccc(-c2nc(NC(=O)CSc3ncnc4sc5c(c34)CCCCC5)ns2)cc1. The maximum absolute atomic E-state index is 12.5. The third-order valence-corrected chi connectivity index (χ3v) is 8.24. The lowest BCUT2D eigenvalue weighted by molar-refractivity contribution is -0.113. The summed E-state index contributed by atoms with van der Waals surface area (Å²) in [5, 5.41) is 5.65. The molecule has 4 aromatic rings. The quantitative estimate of drug-likeness (QED) is 0.237. The number of aromatic nitrogens is 4. The molecule has 5 rings (SSSR count). The van der Waals surface area contributed by atoms with Crippen molar-refractivity contribution < 1.29 is 4.79 Å². The number of nitrogens with one attached hydrogen (secondary N) is 1. The number of rotatable bonds is 5. The molecule has 0 saturated heterocycles. The van der Waals surface area contributed by atoms with Gasteiger partial charge in [-0.15, -0.1) is 11.3 Å². The molecule has 1 aromatic carbocycles. The van der Waals surface area contributed by atoms with E-state index in [1.807, 2.05) is 31.2 Å². The fourth-order valence-electron chi connectivity index (χ4n) is 3.73. The molecule has 0 fully saturated rings. The molecule has 0 saturated carbocycles. The number of thiophene rings is 1. The third-order valence-electron chi connectivity index (χ3n) is 5.28. The van der Waals surface area contributed by atoms with Crippen LogP contribution in [0.2, 0.25) is 0 Å². The summed E-state index contributed by atoms with van der Waals surface area (Å²) in [5.74, 6) is 0.477. The first-order chi connectivity index (χ1) is 15.2. The van der Waals surface area contributed by atoms with Gasteiger partial charge in [0.2, 0.25) is 11.9 Å². The van der Waals surface area contributed by atoms with Gasteiger partial charge in [0.1, 0.15) is 21.2 Å². The Labute approximate surface area is 192 Å². The van der Waals surface area contributed by atoms with Crippen LogP contribution in [0.25, 0.3) is 20.8 Å². The fraction of sp³-hybridized carbons (Fsp3) is 0.318. The van der Waals surface area contributed by atoms with Gasteiger partial charge in [0.05, 0.1) is 5.75 Å². The van der Waals surface area contributed by atoms with E-state index in [2.05, 4.69) is 24.6 Å². The Balaban J connectivity index is 1.27. The maximum atomic E-state index is 12.5. The molecule has 1 N–H and O–H groups in total. The van der Waals surface area contributed by atoms with Crippen LogP contribution in [0.5, 0.6) is 0 Å². The standard InChI is InChI=1S/C22H21N5OS3/c1-13-7-9-14(10-8-13)19-26-22(27-31-19)25-17(28)11-29-20-18-15-5-3-2-4-6-16(15)30-21(18)24-12-23-20/h7-10,12H,2-6,11H2,1H3,(H,25,27,28). The number of benzene rings is 1. The minimum atomic E-state index is -0.133. The van der Waals surface area contributed by atoms with E-state index in [0.29, 0.717) is 5.95 Å². The van der Waals surface area contributed by atoms with Crippen LogP contribution < -0.4 is 5.32 Å².